The van der Waals surface area contributed by atoms with E-state index in [0.29, 0.717) is 23.6 Å². The van der Waals surface area contributed by atoms with Gasteiger partial charge in [-0.25, -0.2) is 4.99 Å². The number of aliphatic imine (C=N–C) groups is 2. The lowest BCUT2D eigenvalue weighted by molar-refractivity contribution is -0.113. The molecule has 1 aliphatic heterocycles. The van der Waals surface area contributed by atoms with Crippen LogP contribution in [0.5, 0.6) is 11.5 Å². The van der Waals surface area contributed by atoms with Gasteiger partial charge in [0.15, 0.2) is 11.5 Å². The van der Waals surface area contributed by atoms with Crippen LogP contribution < -0.4 is 14.8 Å². The largest absolute Gasteiger partial charge is 0.493 e. The molecule has 3 aromatic rings. The number of anilines is 1. The monoisotopic (exact) mass is 473 g/mol. The first-order valence-corrected chi connectivity index (χ1v) is 11.9. The number of hydrogen-bond donors (Lipinski definition) is 1. The van der Waals surface area contributed by atoms with Crippen molar-refractivity contribution in [3.8, 4) is 11.5 Å². The summed E-state index contributed by atoms with van der Waals surface area (Å²) in [6.45, 7) is 4.15. The van der Waals surface area contributed by atoms with Crippen molar-refractivity contribution in [2.75, 3.05) is 25.3 Å². The lowest BCUT2D eigenvalue weighted by Gasteiger charge is -2.11. The Bertz CT molecular complexity index is 1270. The number of fused-ring (bicyclic) bond motifs is 1. The minimum Gasteiger partial charge on any atom is -0.493 e. The Morgan fingerprint density at radius 3 is 2.26 bits per heavy atom. The van der Waals surface area contributed by atoms with E-state index < -0.39 is 0 Å². The minimum absolute atomic E-state index is 0.123. The fourth-order valence-electron chi connectivity index (χ4n) is 3.61. The third kappa shape index (κ3) is 5.48. The number of nitrogens with zero attached hydrogens (tertiary/aromatic N) is 2. The predicted octanol–water partition coefficient (Wildman–Crippen LogP) is 6.25. The van der Waals surface area contributed by atoms with Crippen molar-refractivity contribution in [2.45, 2.75) is 20.3 Å². The van der Waals surface area contributed by atoms with Gasteiger partial charge in [0.1, 0.15) is 0 Å². The number of ether oxygens (including phenoxy) is 2. The van der Waals surface area contributed by atoms with Gasteiger partial charge in [-0.05, 0) is 54.8 Å². The molecule has 0 atom stereocenters. The summed E-state index contributed by atoms with van der Waals surface area (Å²) >= 11 is 1.43. The molecule has 0 spiro atoms. The normalized spacial score (nSPS) is 12.7. The van der Waals surface area contributed by atoms with E-state index in [0.717, 1.165) is 33.3 Å². The molecule has 0 aliphatic carbocycles. The Morgan fingerprint density at radius 1 is 0.912 bits per heavy atom. The number of rotatable bonds is 6. The molecule has 3 aromatic carbocycles. The summed E-state index contributed by atoms with van der Waals surface area (Å²) in [5.74, 6) is 1.28. The number of methoxy groups -OCH3 is 2. The number of thioether (sulfide) groups is 1. The van der Waals surface area contributed by atoms with E-state index in [2.05, 4.69) is 43.4 Å². The lowest BCUT2D eigenvalue weighted by atomic mass is 10.1. The smallest absolute Gasteiger partial charge is 0.234 e. The van der Waals surface area contributed by atoms with Crippen molar-refractivity contribution in [2.24, 2.45) is 9.98 Å². The maximum absolute atomic E-state index is 12.7. The fourth-order valence-corrected chi connectivity index (χ4v) is 4.38. The van der Waals surface area contributed by atoms with E-state index in [-0.39, 0.29) is 11.7 Å². The molecule has 1 N–H and O–H groups in total. The SMILES string of the molecule is COc1ccc(NC(=O)CSC2=Nc3cc(C)c(C)cc3N=C(c3ccccc3)C2)cc1OC. The molecule has 7 heteroatoms. The Balaban J connectivity index is 1.54. The first-order chi connectivity index (χ1) is 16.5. The number of carbonyl (C=O) groups is 1. The van der Waals surface area contributed by atoms with Crippen molar-refractivity contribution in [3.63, 3.8) is 0 Å². The molecular weight excluding hydrogens is 446 g/mol. The zero-order valence-corrected chi connectivity index (χ0v) is 20.5. The lowest BCUT2D eigenvalue weighted by Crippen LogP contribution is -2.16. The summed E-state index contributed by atoms with van der Waals surface area (Å²) in [6, 6.07) is 19.5. The Labute approximate surface area is 204 Å². The molecule has 6 nitrogen and oxygen atoms in total. The molecule has 0 saturated carbocycles. The van der Waals surface area contributed by atoms with Gasteiger partial charge in [-0.3, -0.25) is 9.79 Å². The average molecular weight is 474 g/mol. The summed E-state index contributed by atoms with van der Waals surface area (Å²) in [4.78, 5) is 22.6. The van der Waals surface area contributed by atoms with Crippen LogP contribution in [0.3, 0.4) is 0 Å². The van der Waals surface area contributed by atoms with Crippen molar-refractivity contribution < 1.29 is 14.3 Å². The number of aryl methyl sites for hydroxylation is 2. The van der Waals surface area contributed by atoms with Gasteiger partial charge < -0.3 is 14.8 Å². The molecule has 0 aromatic heterocycles. The van der Waals surface area contributed by atoms with Crippen molar-refractivity contribution in [1.29, 1.82) is 0 Å². The van der Waals surface area contributed by atoms with Crippen LogP contribution >= 0.6 is 11.8 Å². The van der Waals surface area contributed by atoms with Crippen LogP contribution in [0.25, 0.3) is 0 Å². The second-order valence-corrected chi connectivity index (χ2v) is 8.99. The molecule has 0 bridgehead atoms. The van der Waals surface area contributed by atoms with E-state index in [9.17, 15) is 4.79 Å². The molecule has 34 heavy (non-hydrogen) atoms. The van der Waals surface area contributed by atoms with Crippen LogP contribution in [0.4, 0.5) is 17.1 Å². The van der Waals surface area contributed by atoms with Gasteiger partial charge in [-0.2, -0.15) is 0 Å². The van der Waals surface area contributed by atoms with Gasteiger partial charge in [0, 0.05) is 18.2 Å². The maximum atomic E-state index is 12.7. The number of amides is 1. The molecule has 0 saturated heterocycles. The van der Waals surface area contributed by atoms with Gasteiger partial charge >= 0.3 is 0 Å². The third-order valence-electron chi connectivity index (χ3n) is 5.55. The second-order valence-electron chi connectivity index (χ2n) is 7.94. The molecule has 0 unspecified atom stereocenters. The number of carbonyl (C=O) groups excluding carboxylic acids is 1. The van der Waals surface area contributed by atoms with Gasteiger partial charge in [0.05, 0.1) is 42.1 Å². The molecule has 1 amide bonds. The Kier molecular flexibility index (Phi) is 7.33. The molecule has 0 radical (unpaired) electrons. The van der Waals surface area contributed by atoms with Crippen LogP contribution in [0, 0.1) is 13.8 Å². The standard InChI is InChI=1S/C27H27N3O3S/c1-17-12-22-23(13-18(17)2)30-27(15-21(29-22)19-8-6-5-7-9-19)34-16-26(31)28-20-10-11-24(32-3)25(14-20)33-4/h5-14H,15-16H2,1-4H3,(H,28,31). The van der Waals surface area contributed by atoms with Crippen LogP contribution in [-0.2, 0) is 4.79 Å². The quantitative estimate of drug-likeness (QED) is 0.459. The van der Waals surface area contributed by atoms with Gasteiger partial charge in [-0.15, -0.1) is 11.8 Å². The fraction of sp³-hybridized carbons (Fsp3) is 0.222. The van der Waals surface area contributed by atoms with E-state index >= 15 is 0 Å². The van der Waals surface area contributed by atoms with Crippen molar-refractivity contribution in [1.82, 2.24) is 0 Å². The average Bonchev–Trinajstić information content (AvgIpc) is 3.02. The van der Waals surface area contributed by atoms with Crippen molar-refractivity contribution >= 4 is 45.5 Å². The van der Waals surface area contributed by atoms with Crippen LogP contribution in [-0.4, -0.2) is 36.6 Å². The van der Waals surface area contributed by atoms with Gasteiger partial charge in [0.2, 0.25) is 5.91 Å². The van der Waals surface area contributed by atoms with E-state index in [4.69, 9.17) is 19.5 Å². The van der Waals surface area contributed by atoms with E-state index in [1.807, 2.05) is 18.2 Å². The van der Waals surface area contributed by atoms with E-state index in [1.54, 1.807) is 32.4 Å². The molecule has 174 valence electrons. The van der Waals surface area contributed by atoms with Crippen molar-refractivity contribution in [3.05, 3.63) is 77.4 Å². The molecule has 1 heterocycles. The highest BCUT2D eigenvalue weighted by atomic mass is 32.2. The molecular formula is C27H27N3O3S. The zero-order valence-electron chi connectivity index (χ0n) is 19.7. The number of nitrogens with one attached hydrogen (secondary N) is 1. The van der Waals surface area contributed by atoms with Crippen LogP contribution in [0.15, 0.2) is 70.6 Å². The molecule has 1 aliphatic rings. The first kappa shape index (κ1) is 23.6. The topological polar surface area (TPSA) is 72.3 Å². The summed E-state index contributed by atoms with van der Waals surface area (Å²) < 4.78 is 10.6. The zero-order chi connectivity index (χ0) is 24.1. The Hall–Kier alpha value is -3.58. The maximum Gasteiger partial charge on any atom is 0.234 e. The minimum atomic E-state index is -0.123. The van der Waals surface area contributed by atoms with Crippen LogP contribution in [0.2, 0.25) is 0 Å². The summed E-state index contributed by atoms with van der Waals surface area (Å²) in [7, 11) is 3.14. The third-order valence-corrected chi connectivity index (χ3v) is 6.53. The summed E-state index contributed by atoms with van der Waals surface area (Å²) in [6.07, 6.45) is 0.561. The first-order valence-electron chi connectivity index (χ1n) is 10.9. The predicted molar refractivity (Wildman–Crippen MR) is 141 cm³/mol. The van der Waals surface area contributed by atoms with Gasteiger partial charge in [0.25, 0.3) is 0 Å². The molecule has 4 rings (SSSR count). The van der Waals surface area contributed by atoms with E-state index in [1.165, 1.54) is 17.3 Å². The number of hydrogen-bond acceptors (Lipinski definition) is 6. The Morgan fingerprint density at radius 2 is 1.59 bits per heavy atom. The summed E-state index contributed by atoms with van der Waals surface area (Å²) in [5.41, 5.74) is 6.66. The second kappa shape index (κ2) is 10.6. The van der Waals surface area contributed by atoms with Gasteiger partial charge in [-0.1, -0.05) is 30.3 Å². The highest BCUT2D eigenvalue weighted by molar-refractivity contribution is 8.14. The summed E-state index contributed by atoms with van der Waals surface area (Å²) in [5, 5.41) is 3.77. The highest BCUT2D eigenvalue weighted by Crippen LogP contribution is 2.36. The molecule has 0 fully saturated rings. The number of benzene rings is 3. The highest BCUT2D eigenvalue weighted by Gasteiger charge is 2.18. The van der Waals surface area contributed by atoms with Crippen LogP contribution in [0.1, 0.15) is 23.1 Å².